The van der Waals surface area contributed by atoms with E-state index in [1.807, 2.05) is 12.1 Å². The first-order valence-corrected chi connectivity index (χ1v) is 8.36. The Morgan fingerprint density at radius 2 is 1.57 bits per heavy atom. The summed E-state index contributed by atoms with van der Waals surface area (Å²) in [4.78, 5) is 0.0120. The minimum absolute atomic E-state index is 0.0120. The van der Waals surface area contributed by atoms with Gasteiger partial charge in [-0.3, -0.25) is 0 Å². The summed E-state index contributed by atoms with van der Waals surface area (Å²) in [6, 6.07) is 17.4. The molecule has 0 aliphatic rings. The van der Waals surface area contributed by atoms with Crippen molar-refractivity contribution >= 4 is 42.6 Å². The van der Waals surface area contributed by atoms with Crippen LogP contribution in [0.4, 0.5) is 4.39 Å². The molecule has 0 heterocycles. The van der Waals surface area contributed by atoms with Crippen LogP contribution >= 0.6 is 31.9 Å². The van der Waals surface area contributed by atoms with Gasteiger partial charge < -0.3 is 0 Å². The van der Waals surface area contributed by atoms with Crippen LogP contribution in [-0.4, -0.2) is 0 Å². The molecule has 106 valence electrons. The van der Waals surface area contributed by atoms with Gasteiger partial charge in [-0.05, 0) is 46.5 Å². The number of hydrogen-bond acceptors (Lipinski definition) is 0. The molecule has 0 amide bonds. The molecule has 3 aromatic rings. The van der Waals surface area contributed by atoms with E-state index in [9.17, 15) is 4.39 Å². The van der Waals surface area contributed by atoms with Crippen molar-refractivity contribution in [3.8, 4) is 0 Å². The summed E-state index contributed by atoms with van der Waals surface area (Å²) in [5.74, 6) is -0.237. The fraction of sp³-hybridized carbons (Fsp3) is 0.111. The minimum atomic E-state index is -0.237. The molecular weight excluding hydrogens is 395 g/mol. The van der Waals surface area contributed by atoms with Crippen molar-refractivity contribution < 1.29 is 4.39 Å². The quantitative estimate of drug-likeness (QED) is 0.423. The fourth-order valence-corrected chi connectivity index (χ4v) is 4.25. The molecule has 3 rings (SSSR count). The first-order chi connectivity index (χ1) is 10.1. The zero-order chi connectivity index (χ0) is 15.0. The van der Waals surface area contributed by atoms with Gasteiger partial charge in [-0.25, -0.2) is 4.39 Å². The Labute approximate surface area is 140 Å². The smallest absolute Gasteiger partial charge is 0.124 e. The van der Waals surface area contributed by atoms with Crippen LogP contribution in [-0.2, 0) is 0 Å². The Bertz CT molecular complexity index is 811. The molecule has 3 aromatic carbocycles. The first kappa shape index (κ1) is 14.7. The third-order valence-electron chi connectivity index (χ3n) is 3.68. The number of fused-ring (bicyclic) bond motifs is 1. The van der Waals surface area contributed by atoms with Crippen LogP contribution in [0.2, 0.25) is 0 Å². The maximum absolute atomic E-state index is 13.3. The molecule has 0 aliphatic heterocycles. The monoisotopic (exact) mass is 406 g/mol. The van der Waals surface area contributed by atoms with Gasteiger partial charge in [-0.1, -0.05) is 74.3 Å². The second-order valence-corrected chi connectivity index (χ2v) is 6.82. The standard InChI is InChI=1S/C18H13Br2F/c1-11-6-8-15(14-5-3-2-4-13(11)14)18(20)16-9-7-12(21)10-17(16)19/h2-10,18H,1H3. The maximum atomic E-state index is 13.3. The SMILES string of the molecule is Cc1ccc(C(Br)c2ccc(F)cc2Br)c2ccccc12. The van der Waals surface area contributed by atoms with Crippen molar-refractivity contribution in [2.45, 2.75) is 11.8 Å². The molecule has 0 spiro atoms. The average Bonchev–Trinajstić information content (AvgIpc) is 2.47. The molecule has 0 nitrogen and oxygen atoms in total. The number of halogens is 3. The number of benzene rings is 3. The minimum Gasteiger partial charge on any atom is -0.207 e. The van der Waals surface area contributed by atoms with Crippen LogP contribution in [0.25, 0.3) is 10.8 Å². The average molecular weight is 408 g/mol. The highest BCUT2D eigenvalue weighted by molar-refractivity contribution is 9.11. The van der Waals surface area contributed by atoms with Gasteiger partial charge >= 0.3 is 0 Å². The molecule has 0 saturated carbocycles. The second kappa shape index (κ2) is 5.90. The number of aryl methyl sites for hydroxylation is 1. The Morgan fingerprint density at radius 3 is 2.29 bits per heavy atom. The topological polar surface area (TPSA) is 0 Å². The first-order valence-electron chi connectivity index (χ1n) is 6.65. The van der Waals surface area contributed by atoms with Gasteiger partial charge in [0.1, 0.15) is 5.82 Å². The van der Waals surface area contributed by atoms with Crippen LogP contribution in [0.5, 0.6) is 0 Å². The van der Waals surface area contributed by atoms with Crippen molar-refractivity contribution in [1.82, 2.24) is 0 Å². The third-order valence-corrected chi connectivity index (χ3v) is 5.36. The van der Waals surface area contributed by atoms with Gasteiger partial charge in [0.2, 0.25) is 0 Å². The van der Waals surface area contributed by atoms with Gasteiger partial charge in [-0.15, -0.1) is 0 Å². The molecule has 21 heavy (non-hydrogen) atoms. The summed E-state index contributed by atoms with van der Waals surface area (Å²) in [5.41, 5.74) is 3.46. The van der Waals surface area contributed by atoms with E-state index < -0.39 is 0 Å². The van der Waals surface area contributed by atoms with E-state index >= 15 is 0 Å². The highest BCUT2D eigenvalue weighted by Crippen LogP contribution is 2.39. The Hall–Kier alpha value is -1.19. The largest absolute Gasteiger partial charge is 0.207 e. The van der Waals surface area contributed by atoms with Gasteiger partial charge in [0.15, 0.2) is 0 Å². The lowest BCUT2D eigenvalue weighted by Gasteiger charge is -2.16. The molecule has 0 N–H and O–H groups in total. The van der Waals surface area contributed by atoms with E-state index in [0.717, 1.165) is 10.0 Å². The summed E-state index contributed by atoms with van der Waals surface area (Å²) in [6.45, 7) is 2.11. The van der Waals surface area contributed by atoms with Crippen molar-refractivity contribution in [2.75, 3.05) is 0 Å². The summed E-state index contributed by atoms with van der Waals surface area (Å²) in [5, 5.41) is 2.47. The van der Waals surface area contributed by atoms with Gasteiger partial charge in [0.05, 0.1) is 4.83 Å². The van der Waals surface area contributed by atoms with E-state index in [-0.39, 0.29) is 10.6 Å². The van der Waals surface area contributed by atoms with Crippen molar-refractivity contribution in [3.05, 3.63) is 81.6 Å². The van der Waals surface area contributed by atoms with E-state index in [2.05, 4.69) is 69.1 Å². The normalized spacial score (nSPS) is 12.6. The van der Waals surface area contributed by atoms with Crippen LogP contribution < -0.4 is 0 Å². The summed E-state index contributed by atoms with van der Waals surface area (Å²) in [7, 11) is 0. The fourth-order valence-electron chi connectivity index (χ4n) is 2.57. The van der Waals surface area contributed by atoms with Crippen LogP contribution in [0, 0.1) is 12.7 Å². The highest BCUT2D eigenvalue weighted by atomic mass is 79.9. The zero-order valence-corrected chi connectivity index (χ0v) is 14.6. The van der Waals surface area contributed by atoms with E-state index in [0.29, 0.717) is 0 Å². The number of alkyl halides is 1. The maximum Gasteiger partial charge on any atom is 0.124 e. The van der Waals surface area contributed by atoms with Crippen molar-refractivity contribution in [3.63, 3.8) is 0 Å². The summed E-state index contributed by atoms with van der Waals surface area (Å²) < 4.78 is 14.0. The Morgan fingerprint density at radius 1 is 0.905 bits per heavy atom. The predicted molar refractivity (Wildman–Crippen MR) is 93.6 cm³/mol. The summed E-state index contributed by atoms with van der Waals surface area (Å²) in [6.07, 6.45) is 0. The molecule has 0 bridgehead atoms. The molecule has 0 radical (unpaired) electrons. The van der Waals surface area contributed by atoms with Gasteiger partial charge in [0.25, 0.3) is 0 Å². The molecule has 0 aromatic heterocycles. The van der Waals surface area contributed by atoms with E-state index in [4.69, 9.17) is 0 Å². The predicted octanol–water partition coefficient (Wildman–Crippen LogP) is 6.53. The highest BCUT2D eigenvalue weighted by Gasteiger charge is 2.17. The Kier molecular flexibility index (Phi) is 4.14. The molecule has 1 atom stereocenters. The number of hydrogen-bond donors (Lipinski definition) is 0. The molecular formula is C18H13Br2F. The number of rotatable bonds is 2. The lowest BCUT2D eigenvalue weighted by atomic mass is 9.96. The van der Waals surface area contributed by atoms with Gasteiger partial charge in [-0.2, -0.15) is 0 Å². The molecule has 3 heteroatoms. The van der Waals surface area contributed by atoms with E-state index in [1.165, 1.54) is 34.0 Å². The van der Waals surface area contributed by atoms with Crippen molar-refractivity contribution in [2.24, 2.45) is 0 Å². The summed E-state index contributed by atoms with van der Waals surface area (Å²) >= 11 is 7.22. The molecule has 0 fully saturated rings. The molecule has 1 unspecified atom stereocenters. The van der Waals surface area contributed by atoms with Gasteiger partial charge in [0, 0.05) is 4.47 Å². The third kappa shape index (κ3) is 2.77. The van der Waals surface area contributed by atoms with Crippen LogP contribution in [0.1, 0.15) is 21.5 Å². The zero-order valence-electron chi connectivity index (χ0n) is 11.4. The second-order valence-electron chi connectivity index (χ2n) is 5.05. The molecule has 0 aliphatic carbocycles. The van der Waals surface area contributed by atoms with Crippen LogP contribution in [0.15, 0.2) is 59.1 Å². The van der Waals surface area contributed by atoms with E-state index in [1.54, 1.807) is 0 Å². The lowest BCUT2D eigenvalue weighted by Crippen LogP contribution is -1.97. The Balaban J connectivity index is 2.18. The van der Waals surface area contributed by atoms with Crippen LogP contribution in [0.3, 0.4) is 0 Å². The molecule has 0 saturated heterocycles. The van der Waals surface area contributed by atoms with Crippen molar-refractivity contribution in [1.29, 1.82) is 0 Å². The lowest BCUT2D eigenvalue weighted by molar-refractivity contribution is 0.626.